The lowest BCUT2D eigenvalue weighted by Crippen LogP contribution is -2.60. The van der Waals surface area contributed by atoms with Crippen LogP contribution in [0, 0.1) is 12.7 Å². The number of hydrogen-bond donors (Lipinski definition) is 4. The fourth-order valence-electron chi connectivity index (χ4n) is 4.04. The lowest BCUT2D eigenvalue weighted by molar-refractivity contribution is -0.278. The first-order valence-electron chi connectivity index (χ1n) is 11.2. The zero-order valence-corrected chi connectivity index (χ0v) is 19.0. The lowest BCUT2D eigenvalue weighted by atomic mass is 9.99. The third kappa shape index (κ3) is 4.97. The zero-order valence-electron chi connectivity index (χ0n) is 19.0. The Kier molecular flexibility index (Phi) is 6.88. The molecule has 9 heteroatoms. The van der Waals surface area contributed by atoms with E-state index in [4.69, 9.17) is 9.47 Å². The molecule has 2 aromatic rings. The van der Waals surface area contributed by atoms with Gasteiger partial charge in [0.1, 0.15) is 30.2 Å². The third-order valence-electron chi connectivity index (χ3n) is 6.16. The minimum atomic E-state index is -1.57. The number of aromatic nitrogens is 2. The maximum atomic E-state index is 14.9. The minimum absolute atomic E-state index is 0.00621. The van der Waals surface area contributed by atoms with E-state index in [1.54, 1.807) is 10.7 Å². The van der Waals surface area contributed by atoms with Gasteiger partial charge in [-0.3, -0.25) is 4.68 Å². The van der Waals surface area contributed by atoms with Crippen molar-refractivity contribution in [2.45, 2.75) is 76.8 Å². The van der Waals surface area contributed by atoms with Crippen molar-refractivity contribution in [1.82, 2.24) is 9.78 Å². The predicted molar refractivity (Wildman–Crippen MR) is 118 cm³/mol. The summed E-state index contributed by atoms with van der Waals surface area (Å²) in [6, 6.07) is 5.13. The molecule has 180 valence electrons. The van der Waals surface area contributed by atoms with E-state index < -0.39 is 37.3 Å². The second-order valence-corrected chi connectivity index (χ2v) is 9.05. The van der Waals surface area contributed by atoms with E-state index in [2.05, 4.69) is 5.10 Å². The van der Waals surface area contributed by atoms with E-state index in [1.165, 1.54) is 11.6 Å². The van der Waals surface area contributed by atoms with Crippen molar-refractivity contribution >= 4 is 6.08 Å². The highest BCUT2D eigenvalue weighted by molar-refractivity contribution is 5.57. The van der Waals surface area contributed by atoms with Crippen molar-refractivity contribution < 1.29 is 34.3 Å². The first-order chi connectivity index (χ1) is 15.7. The van der Waals surface area contributed by atoms with Crippen molar-refractivity contribution in [2.24, 2.45) is 0 Å². The molecule has 1 aliphatic heterocycles. The molecule has 1 saturated carbocycles. The summed E-state index contributed by atoms with van der Waals surface area (Å²) in [7, 11) is 0. The van der Waals surface area contributed by atoms with Crippen LogP contribution < -0.4 is 4.74 Å². The molecule has 2 heterocycles. The van der Waals surface area contributed by atoms with Gasteiger partial charge in [-0.15, -0.1) is 5.10 Å². The van der Waals surface area contributed by atoms with Crippen molar-refractivity contribution in [3.05, 3.63) is 52.0 Å². The number of ether oxygens (including phenoxy) is 2. The summed E-state index contributed by atoms with van der Waals surface area (Å²) in [4.78, 5) is 0. The highest BCUT2D eigenvalue weighted by Gasteiger charge is 2.45. The molecular weight excluding hydrogens is 431 g/mol. The van der Waals surface area contributed by atoms with Crippen LogP contribution in [0.2, 0.25) is 0 Å². The molecule has 2 fully saturated rings. The van der Waals surface area contributed by atoms with E-state index in [9.17, 15) is 24.8 Å². The molecule has 5 atom stereocenters. The number of rotatable bonds is 7. The molecule has 0 spiro atoms. The van der Waals surface area contributed by atoms with Crippen LogP contribution in [-0.4, -0.2) is 67.5 Å². The molecule has 2 aliphatic rings. The molecule has 0 unspecified atom stereocenters. The van der Waals surface area contributed by atoms with Gasteiger partial charge in [0.15, 0.2) is 0 Å². The van der Waals surface area contributed by atoms with Gasteiger partial charge in [0.2, 0.25) is 12.2 Å². The van der Waals surface area contributed by atoms with E-state index in [0.717, 1.165) is 24.1 Å². The quantitative estimate of drug-likeness (QED) is 0.496. The fraction of sp³-hybridized carbons (Fsp3) is 0.542. The van der Waals surface area contributed by atoms with Gasteiger partial charge in [-0.05, 0) is 50.8 Å². The summed E-state index contributed by atoms with van der Waals surface area (Å²) < 4.78 is 27.9. The van der Waals surface area contributed by atoms with E-state index in [0.29, 0.717) is 11.1 Å². The van der Waals surface area contributed by atoms with E-state index in [1.807, 2.05) is 32.9 Å². The van der Waals surface area contributed by atoms with Crippen LogP contribution in [0.3, 0.4) is 0 Å². The van der Waals surface area contributed by atoms with Gasteiger partial charge in [-0.1, -0.05) is 23.8 Å². The molecule has 1 aliphatic carbocycles. The molecule has 0 amide bonds. The Bertz CT molecular complexity index is 1030. The summed E-state index contributed by atoms with van der Waals surface area (Å²) in [5, 5.41) is 44.4. The Balaban J connectivity index is 1.63. The summed E-state index contributed by atoms with van der Waals surface area (Å²) in [6.07, 6.45) is -2.75. The van der Waals surface area contributed by atoms with Gasteiger partial charge >= 0.3 is 0 Å². The topological polar surface area (TPSA) is 117 Å². The van der Waals surface area contributed by atoms with E-state index >= 15 is 0 Å². The number of nitrogens with zero attached hydrogens (tertiary/aromatic N) is 2. The summed E-state index contributed by atoms with van der Waals surface area (Å²) in [5.74, 6) is -0.199. The SMILES string of the molecule is Cc1c(Cc2ccc(C=C3CC3)cc2F)c(O[C@@H]2O[C@H](CO)[C@@H](O)[C@H](O)[C@H]2O)nn1C(C)C. The van der Waals surface area contributed by atoms with Crippen molar-refractivity contribution in [2.75, 3.05) is 6.61 Å². The van der Waals surface area contributed by atoms with Gasteiger partial charge in [0, 0.05) is 23.7 Å². The average Bonchev–Trinajstić information content (AvgIpc) is 3.54. The number of aliphatic hydroxyl groups is 4. The van der Waals surface area contributed by atoms with Crippen LogP contribution in [0.4, 0.5) is 4.39 Å². The highest BCUT2D eigenvalue weighted by atomic mass is 19.1. The number of benzene rings is 1. The number of halogens is 1. The minimum Gasteiger partial charge on any atom is -0.443 e. The summed E-state index contributed by atoms with van der Waals surface area (Å²) in [6.45, 7) is 5.18. The molecule has 0 bridgehead atoms. The number of hydrogen-bond acceptors (Lipinski definition) is 7. The van der Waals surface area contributed by atoms with E-state index in [-0.39, 0.29) is 24.2 Å². The zero-order chi connectivity index (χ0) is 23.9. The first-order valence-corrected chi connectivity index (χ1v) is 11.2. The average molecular weight is 463 g/mol. The summed E-state index contributed by atoms with van der Waals surface area (Å²) >= 11 is 0. The van der Waals surface area contributed by atoms with Crippen molar-refractivity contribution in [3.63, 3.8) is 0 Å². The van der Waals surface area contributed by atoms with Gasteiger partial charge < -0.3 is 29.9 Å². The van der Waals surface area contributed by atoms with Crippen molar-refractivity contribution in [3.8, 4) is 5.88 Å². The Morgan fingerprint density at radius 1 is 1.21 bits per heavy atom. The highest BCUT2D eigenvalue weighted by Crippen LogP contribution is 2.33. The lowest BCUT2D eigenvalue weighted by Gasteiger charge is -2.39. The van der Waals surface area contributed by atoms with Crippen LogP contribution in [-0.2, 0) is 11.2 Å². The largest absolute Gasteiger partial charge is 0.443 e. The fourth-order valence-corrected chi connectivity index (χ4v) is 4.04. The molecule has 1 saturated heterocycles. The normalized spacial score (nSPS) is 27.2. The maximum Gasteiger partial charge on any atom is 0.239 e. The van der Waals surface area contributed by atoms with Crippen LogP contribution in [0.15, 0.2) is 23.8 Å². The second-order valence-electron chi connectivity index (χ2n) is 9.05. The van der Waals surface area contributed by atoms with Gasteiger partial charge in [0.05, 0.1) is 6.61 Å². The monoisotopic (exact) mass is 462 g/mol. The molecule has 33 heavy (non-hydrogen) atoms. The Morgan fingerprint density at radius 3 is 2.55 bits per heavy atom. The molecule has 4 N–H and O–H groups in total. The second kappa shape index (κ2) is 9.52. The summed E-state index contributed by atoms with van der Waals surface area (Å²) in [5.41, 5.74) is 4.00. The standard InChI is InChI=1S/C24H31FN2O6/c1-12(2)27-13(3)17(10-16-7-6-15(9-18(16)25)8-14-4-5-14)23(26-27)33-24-22(31)21(30)20(29)19(11-28)32-24/h6-9,12,19-22,24,28-31H,4-5,10-11H2,1-3H3/t19-,20-,21+,22-,24+/m1/s1. The third-order valence-corrected chi connectivity index (χ3v) is 6.16. The smallest absolute Gasteiger partial charge is 0.239 e. The van der Waals surface area contributed by atoms with Crippen molar-refractivity contribution in [1.29, 1.82) is 0 Å². The Labute approximate surface area is 191 Å². The van der Waals surface area contributed by atoms with Gasteiger partial charge in [-0.25, -0.2) is 4.39 Å². The molecular formula is C24H31FN2O6. The first kappa shape index (κ1) is 23.8. The van der Waals surface area contributed by atoms with Crippen LogP contribution in [0.1, 0.15) is 55.1 Å². The van der Waals surface area contributed by atoms with Gasteiger partial charge in [0.25, 0.3) is 0 Å². The number of allylic oxidation sites excluding steroid dienone is 1. The van der Waals surface area contributed by atoms with Gasteiger partial charge in [-0.2, -0.15) is 0 Å². The molecule has 1 aromatic heterocycles. The molecule has 4 rings (SSSR count). The molecule has 8 nitrogen and oxygen atoms in total. The van der Waals surface area contributed by atoms with Crippen LogP contribution in [0.5, 0.6) is 5.88 Å². The van der Waals surface area contributed by atoms with Crippen LogP contribution >= 0.6 is 0 Å². The molecule has 1 aromatic carbocycles. The molecule has 0 radical (unpaired) electrons. The Hall–Kier alpha value is -2.30. The number of aliphatic hydroxyl groups excluding tert-OH is 4. The maximum absolute atomic E-state index is 14.9. The van der Waals surface area contributed by atoms with Crippen LogP contribution in [0.25, 0.3) is 6.08 Å². The Morgan fingerprint density at radius 2 is 1.94 bits per heavy atom. The predicted octanol–water partition coefficient (Wildman–Crippen LogP) is 1.86.